The van der Waals surface area contributed by atoms with Crippen LogP contribution in [-0.2, 0) is 21.4 Å². The number of aromatic nitrogens is 2. The molecule has 30 heavy (non-hydrogen) atoms. The summed E-state index contributed by atoms with van der Waals surface area (Å²) in [7, 11) is 3.54. The molecule has 1 aromatic carbocycles. The number of fused-ring (bicyclic) bond motifs is 2. The number of carbonyl (C=O) groups is 1. The summed E-state index contributed by atoms with van der Waals surface area (Å²) in [5, 5.41) is 9.47. The van der Waals surface area contributed by atoms with Crippen molar-refractivity contribution in [2.24, 2.45) is 0 Å². The summed E-state index contributed by atoms with van der Waals surface area (Å²) in [6.45, 7) is 2.21. The number of ether oxygens (including phenoxy) is 1. The van der Waals surface area contributed by atoms with Gasteiger partial charge in [-0.1, -0.05) is 30.3 Å². The van der Waals surface area contributed by atoms with Crippen molar-refractivity contribution in [2.75, 3.05) is 51.9 Å². The van der Waals surface area contributed by atoms with E-state index in [4.69, 9.17) is 14.7 Å². The number of hydrogen-bond acceptors (Lipinski definition) is 6. The molecule has 1 aliphatic carbocycles. The highest BCUT2D eigenvalue weighted by Crippen LogP contribution is 2.48. The lowest BCUT2D eigenvalue weighted by atomic mass is 9.76. The maximum Gasteiger partial charge on any atom is 0.248 e. The average Bonchev–Trinajstić information content (AvgIpc) is 3.12. The minimum Gasteiger partial charge on any atom is -0.395 e. The van der Waals surface area contributed by atoms with Crippen LogP contribution in [0.2, 0.25) is 0 Å². The van der Waals surface area contributed by atoms with E-state index in [1.807, 2.05) is 47.2 Å². The molecule has 1 fully saturated rings. The lowest BCUT2D eigenvalue weighted by Crippen LogP contribution is -2.45. The third-order valence-corrected chi connectivity index (χ3v) is 6.51. The van der Waals surface area contributed by atoms with E-state index in [-0.39, 0.29) is 24.5 Å². The highest BCUT2D eigenvalue weighted by molar-refractivity contribution is 5.77. The third kappa shape index (κ3) is 3.79. The quantitative estimate of drug-likeness (QED) is 0.785. The topological polar surface area (TPSA) is 78.8 Å². The number of methoxy groups -OCH3 is 1. The van der Waals surface area contributed by atoms with E-state index in [0.717, 1.165) is 61.7 Å². The fourth-order valence-corrected chi connectivity index (χ4v) is 4.80. The molecule has 0 unspecified atom stereocenters. The van der Waals surface area contributed by atoms with Gasteiger partial charge in [0.2, 0.25) is 5.91 Å². The molecule has 1 saturated heterocycles. The molecule has 0 bridgehead atoms. The largest absolute Gasteiger partial charge is 0.395 e. The number of amides is 1. The molecule has 2 heterocycles. The van der Waals surface area contributed by atoms with Gasteiger partial charge in [-0.3, -0.25) is 4.79 Å². The van der Waals surface area contributed by atoms with Gasteiger partial charge in [0.05, 0.1) is 12.3 Å². The van der Waals surface area contributed by atoms with E-state index >= 15 is 0 Å². The summed E-state index contributed by atoms with van der Waals surface area (Å²) in [6, 6.07) is 10.1. The van der Waals surface area contributed by atoms with Gasteiger partial charge in [-0.15, -0.1) is 0 Å². The minimum atomic E-state index is -0.0134. The molecule has 2 aliphatic rings. The van der Waals surface area contributed by atoms with Crippen molar-refractivity contribution in [1.82, 2.24) is 14.9 Å². The van der Waals surface area contributed by atoms with Crippen molar-refractivity contribution < 1.29 is 14.6 Å². The molecule has 160 valence electrons. The Bertz CT molecular complexity index is 895. The standard InChI is InChI=1S/C23H30N4O3/c1-26(14-15-28)22-18-8-9-23(10-12-27(13-11-23)19(29)16-30-2)20(18)24-21(25-22)17-6-4-3-5-7-17/h3-7,28H,8-16H2,1-2H3. The summed E-state index contributed by atoms with van der Waals surface area (Å²) in [4.78, 5) is 26.2. The Hall–Kier alpha value is -2.51. The highest BCUT2D eigenvalue weighted by Gasteiger charge is 2.45. The van der Waals surface area contributed by atoms with E-state index in [9.17, 15) is 9.90 Å². The zero-order valence-corrected chi connectivity index (χ0v) is 17.8. The Morgan fingerprint density at radius 2 is 1.93 bits per heavy atom. The van der Waals surface area contributed by atoms with Crippen molar-refractivity contribution in [3.63, 3.8) is 0 Å². The third-order valence-electron chi connectivity index (χ3n) is 6.51. The molecular weight excluding hydrogens is 380 g/mol. The smallest absolute Gasteiger partial charge is 0.248 e. The molecule has 0 radical (unpaired) electrons. The first-order valence-electron chi connectivity index (χ1n) is 10.6. The Morgan fingerprint density at radius 3 is 2.60 bits per heavy atom. The molecule has 1 spiro atoms. The van der Waals surface area contributed by atoms with E-state index in [2.05, 4.69) is 0 Å². The van der Waals surface area contributed by atoms with Gasteiger partial charge in [0.25, 0.3) is 0 Å². The second-order valence-electron chi connectivity index (χ2n) is 8.30. The molecule has 1 aromatic heterocycles. The second-order valence-corrected chi connectivity index (χ2v) is 8.30. The zero-order valence-electron chi connectivity index (χ0n) is 17.8. The molecule has 4 rings (SSSR count). The van der Waals surface area contributed by atoms with Gasteiger partial charge in [-0.2, -0.15) is 0 Å². The number of piperidine rings is 1. The van der Waals surface area contributed by atoms with Gasteiger partial charge >= 0.3 is 0 Å². The van der Waals surface area contributed by atoms with Crippen LogP contribution < -0.4 is 4.90 Å². The molecule has 2 aromatic rings. The average molecular weight is 411 g/mol. The highest BCUT2D eigenvalue weighted by atomic mass is 16.5. The fraction of sp³-hybridized carbons (Fsp3) is 0.522. The lowest BCUT2D eigenvalue weighted by molar-refractivity contribution is -0.136. The van der Waals surface area contributed by atoms with Crippen molar-refractivity contribution in [3.05, 3.63) is 41.6 Å². The molecule has 1 aliphatic heterocycles. The predicted molar refractivity (Wildman–Crippen MR) is 116 cm³/mol. The number of hydrogen-bond donors (Lipinski definition) is 1. The Labute approximate surface area is 177 Å². The maximum absolute atomic E-state index is 12.2. The van der Waals surface area contributed by atoms with Crippen LogP contribution in [0.5, 0.6) is 0 Å². The Kier molecular flexibility index (Phi) is 6.01. The van der Waals surface area contributed by atoms with Crippen molar-refractivity contribution in [3.8, 4) is 11.4 Å². The summed E-state index contributed by atoms with van der Waals surface area (Å²) in [5.41, 5.74) is 3.31. The number of benzene rings is 1. The molecule has 1 amide bonds. The molecule has 7 heteroatoms. The van der Waals surface area contributed by atoms with Crippen LogP contribution in [0.15, 0.2) is 30.3 Å². The summed E-state index contributed by atoms with van der Waals surface area (Å²) < 4.78 is 5.02. The number of carbonyl (C=O) groups excluding carboxylic acids is 1. The van der Waals surface area contributed by atoms with E-state index < -0.39 is 0 Å². The Morgan fingerprint density at radius 1 is 1.20 bits per heavy atom. The normalized spacial score (nSPS) is 17.2. The second kappa shape index (κ2) is 8.70. The molecule has 7 nitrogen and oxygen atoms in total. The van der Waals surface area contributed by atoms with Gasteiger partial charge in [-0.25, -0.2) is 9.97 Å². The van der Waals surface area contributed by atoms with Crippen LogP contribution in [0.25, 0.3) is 11.4 Å². The van der Waals surface area contributed by atoms with Gasteiger partial charge in [0.15, 0.2) is 5.82 Å². The van der Waals surface area contributed by atoms with Gasteiger partial charge < -0.3 is 19.6 Å². The number of likely N-dealkylation sites (tertiary alicyclic amines) is 1. The van der Waals surface area contributed by atoms with Gasteiger partial charge in [-0.05, 0) is 25.7 Å². The first-order valence-corrected chi connectivity index (χ1v) is 10.6. The van der Waals surface area contributed by atoms with Crippen LogP contribution in [0.4, 0.5) is 5.82 Å². The minimum absolute atomic E-state index is 0.0134. The van der Waals surface area contributed by atoms with Crippen molar-refractivity contribution in [2.45, 2.75) is 31.1 Å². The van der Waals surface area contributed by atoms with Crippen molar-refractivity contribution in [1.29, 1.82) is 0 Å². The van der Waals surface area contributed by atoms with Crippen LogP contribution in [-0.4, -0.2) is 72.9 Å². The number of rotatable bonds is 6. The summed E-state index contributed by atoms with van der Waals surface area (Å²) in [6.07, 6.45) is 3.77. The van der Waals surface area contributed by atoms with Crippen molar-refractivity contribution >= 4 is 11.7 Å². The van der Waals surface area contributed by atoms with Crippen LogP contribution >= 0.6 is 0 Å². The maximum atomic E-state index is 12.2. The summed E-state index contributed by atoms with van der Waals surface area (Å²) >= 11 is 0. The Balaban J connectivity index is 1.70. The van der Waals surface area contributed by atoms with Crippen LogP contribution in [0.1, 0.15) is 30.5 Å². The number of aliphatic hydroxyl groups is 1. The molecular formula is C23H30N4O3. The number of anilines is 1. The molecule has 1 N–H and O–H groups in total. The molecule has 0 saturated carbocycles. The van der Waals surface area contributed by atoms with E-state index in [0.29, 0.717) is 6.54 Å². The lowest BCUT2D eigenvalue weighted by Gasteiger charge is -2.39. The number of nitrogens with zero attached hydrogens (tertiary/aromatic N) is 4. The monoisotopic (exact) mass is 410 g/mol. The molecule has 0 atom stereocenters. The van der Waals surface area contributed by atoms with Crippen LogP contribution in [0, 0.1) is 0 Å². The number of likely N-dealkylation sites (N-methyl/N-ethyl adjacent to an activating group) is 1. The SMILES string of the molecule is COCC(=O)N1CCC2(CCc3c(N(C)CCO)nc(-c4ccccc4)nc32)CC1. The van der Waals surface area contributed by atoms with Gasteiger partial charge in [0.1, 0.15) is 12.4 Å². The first kappa shape index (κ1) is 20.8. The van der Waals surface area contributed by atoms with E-state index in [1.54, 1.807) is 7.11 Å². The zero-order chi connectivity index (χ0) is 21.1. The first-order chi connectivity index (χ1) is 14.6. The number of aliphatic hydroxyl groups excluding tert-OH is 1. The predicted octanol–water partition coefficient (Wildman–Crippen LogP) is 2.02. The van der Waals surface area contributed by atoms with Crippen LogP contribution in [0.3, 0.4) is 0 Å². The van der Waals surface area contributed by atoms with E-state index in [1.165, 1.54) is 5.56 Å². The summed E-state index contributed by atoms with van der Waals surface area (Å²) in [5.74, 6) is 1.71. The fourth-order valence-electron chi connectivity index (χ4n) is 4.80. The van der Waals surface area contributed by atoms with Gasteiger partial charge in [0, 0.05) is 50.3 Å².